The summed E-state index contributed by atoms with van der Waals surface area (Å²) in [5, 5.41) is 10.3. The van der Waals surface area contributed by atoms with Crippen molar-refractivity contribution < 1.29 is 9.90 Å². The number of carbonyl (C=O) groups is 1. The summed E-state index contributed by atoms with van der Waals surface area (Å²) in [6.45, 7) is 6.76. The minimum absolute atomic E-state index is 0.143. The Balaban J connectivity index is 1.16. The number of amides is 1. The molecule has 1 unspecified atom stereocenters. The van der Waals surface area contributed by atoms with Crippen LogP contribution < -0.4 is 4.90 Å². The van der Waals surface area contributed by atoms with Crippen molar-refractivity contribution in [3.8, 4) is 5.75 Å². The van der Waals surface area contributed by atoms with Gasteiger partial charge in [0.2, 0.25) is 5.91 Å². The lowest BCUT2D eigenvalue weighted by Crippen LogP contribution is -2.58. The molecule has 0 radical (unpaired) electrons. The van der Waals surface area contributed by atoms with Gasteiger partial charge in [-0.15, -0.1) is 0 Å². The minimum Gasteiger partial charge on any atom is -0.508 e. The van der Waals surface area contributed by atoms with Crippen LogP contribution in [0.5, 0.6) is 5.75 Å². The van der Waals surface area contributed by atoms with Crippen molar-refractivity contribution in [1.82, 2.24) is 9.80 Å². The quantitative estimate of drug-likeness (QED) is 0.752. The molecule has 1 amide bonds. The van der Waals surface area contributed by atoms with E-state index in [0.29, 0.717) is 30.2 Å². The second kappa shape index (κ2) is 8.39. The number of nitrogens with zero attached hydrogens (tertiary/aromatic N) is 3. The van der Waals surface area contributed by atoms with Gasteiger partial charge in [-0.05, 0) is 93.0 Å². The number of aromatic hydroxyl groups is 1. The Labute approximate surface area is 203 Å². The SMILES string of the molecule is C[C@H]1[C@H]2Cc3ccc(O)cc3C1(CCN1CCC(N3C(=O)Cc4ccccc43)CC1)CCN2C. The Morgan fingerprint density at radius 2 is 1.85 bits per heavy atom. The first-order chi connectivity index (χ1) is 16.5. The van der Waals surface area contributed by atoms with E-state index in [0.717, 1.165) is 64.0 Å². The second-order valence-corrected chi connectivity index (χ2v) is 11.2. The van der Waals surface area contributed by atoms with Crippen molar-refractivity contribution in [2.24, 2.45) is 5.92 Å². The van der Waals surface area contributed by atoms with Crippen LogP contribution in [0.25, 0.3) is 0 Å². The summed E-state index contributed by atoms with van der Waals surface area (Å²) in [5.74, 6) is 1.25. The first-order valence-corrected chi connectivity index (χ1v) is 13.1. The molecule has 34 heavy (non-hydrogen) atoms. The van der Waals surface area contributed by atoms with Crippen molar-refractivity contribution in [3.63, 3.8) is 0 Å². The van der Waals surface area contributed by atoms with E-state index in [-0.39, 0.29) is 11.3 Å². The van der Waals surface area contributed by atoms with Crippen molar-refractivity contribution in [1.29, 1.82) is 0 Å². The van der Waals surface area contributed by atoms with Crippen LogP contribution in [-0.4, -0.2) is 66.1 Å². The molecular weight excluding hydrogens is 422 g/mol. The molecule has 180 valence electrons. The van der Waals surface area contributed by atoms with Crippen molar-refractivity contribution in [3.05, 3.63) is 59.2 Å². The highest BCUT2D eigenvalue weighted by Gasteiger charge is 2.50. The van der Waals surface area contributed by atoms with E-state index < -0.39 is 0 Å². The van der Waals surface area contributed by atoms with Gasteiger partial charge in [-0.2, -0.15) is 0 Å². The third-order valence-electron chi connectivity index (χ3n) is 9.64. The number of piperidine rings is 2. The number of phenolic OH excluding ortho intramolecular Hbond substituents is 1. The molecule has 2 saturated heterocycles. The Kier molecular flexibility index (Phi) is 5.45. The summed E-state index contributed by atoms with van der Waals surface area (Å²) >= 11 is 0. The summed E-state index contributed by atoms with van der Waals surface area (Å²) < 4.78 is 0. The molecule has 0 spiro atoms. The number of benzene rings is 2. The lowest BCUT2D eigenvalue weighted by Gasteiger charge is -2.56. The van der Waals surface area contributed by atoms with Gasteiger partial charge in [0.25, 0.3) is 0 Å². The molecule has 3 atom stereocenters. The van der Waals surface area contributed by atoms with Crippen LogP contribution in [0, 0.1) is 5.92 Å². The van der Waals surface area contributed by atoms with Crippen LogP contribution in [0.4, 0.5) is 5.69 Å². The van der Waals surface area contributed by atoms with Gasteiger partial charge in [-0.3, -0.25) is 4.79 Å². The fourth-order valence-corrected chi connectivity index (χ4v) is 7.59. The smallest absolute Gasteiger partial charge is 0.231 e. The molecule has 5 nitrogen and oxygen atoms in total. The molecule has 6 rings (SSSR count). The zero-order chi connectivity index (χ0) is 23.4. The normalized spacial score (nSPS) is 29.8. The summed E-state index contributed by atoms with van der Waals surface area (Å²) in [4.78, 5) is 20.0. The zero-order valence-corrected chi connectivity index (χ0v) is 20.5. The number of rotatable bonds is 4. The monoisotopic (exact) mass is 459 g/mol. The maximum absolute atomic E-state index is 12.8. The van der Waals surface area contributed by atoms with Crippen molar-refractivity contribution >= 4 is 11.6 Å². The van der Waals surface area contributed by atoms with Gasteiger partial charge in [0, 0.05) is 36.3 Å². The molecule has 2 fully saturated rings. The van der Waals surface area contributed by atoms with Crippen LogP contribution in [-0.2, 0) is 23.1 Å². The van der Waals surface area contributed by atoms with Crippen LogP contribution in [0.1, 0.15) is 49.3 Å². The molecule has 2 aromatic rings. The van der Waals surface area contributed by atoms with Gasteiger partial charge in [0.05, 0.1) is 6.42 Å². The molecule has 2 bridgehead atoms. The van der Waals surface area contributed by atoms with E-state index >= 15 is 0 Å². The van der Waals surface area contributed by atoms with E-state index in [4.69, 9.17) is 0 Å². The molecule has 0 saturated carbocycles. The molecule has 0 aromatic heterocycles. The highest BCUT2D eigenvalue weighted by Crippen LogP contribution is 2.51. The van der Waals surface area contributed by atoms with E-state index in [1.54, 1.807) is 0 Å². The second-order valence-electron chi connectivity index (χ2n) is 11.2. The van der Waals surface area contributed by atoms with Gasteiger partial charge in [-0.25, -0.2) is 0 Å². The van der Waals surface area contributed by atoms with E-state index in [9.17, 15) is 9.90 Å². The molecular formula is C29H37N3O2. The number of likely N-dealkylation sites (tertiary alicyclic amines) is 2. The van der Waals surface area contributed by atoms with Crippen LogP contribution in [0.3, 0.4) is 0 Å². The lowest BCUT2D eigenvalue weighted by molar-refractivity contribution is -0.118. The number of carbonyl (C=O) groups excluding carboxylic acids is 1. The molecule has 3 aliphatic heterocycles. The third kappa shape index (κ3) is 3.47. The molecule has 1 N–H and O–H groups in total. The molecule has 5 heteroatoms. The van der Waals surface area contributed by atoms with Crippen LogP contribution in [0.2, 0.25) is 0 Å². The van der Waals surface area contributed by atoms with Crippen LogP contribution >= 0.6 is 0 Å². The number of hydrogen-bond donors (Lipinski definition) is 1. The van der Waals surface area contributed by atoms with E-state index in [1.165, 1.54) is 16.7 Å². The van der Waals surface area contributed by atoms with Gasteiger partial charge >= 0.3 is 0 Å². The van der Waals surface area contributed by atoms with Gasteiger partial charge in [0.15, 0.2) is 0 Å². The molecule has 2 aromatic carbocycles. The predicted octanol–water partition coefficient (Wildman–Crippen LogP) is 3.97. The maximum atomic E-state index is 12.8. The summed E-state index contributed by atoms with van der Waals surface area (Å²) in [5.41, 5.74) is 5.29. The number of hydrogen-bond acceptors (Lipinski definition) is 4. The number of anilines is 1. The highest BCUT2D eigenvalue weighted by atomic mass is 16.3. The Morgan fingerprint density at radius 1 is 1.06 bits per heavy atom. The van der Waals surface area contributed by atoms with Gasteiger partial charge < -0.3 is 19.8 Å². The van der Waals surface area contributed by atoms with E-state index in [2.05, 4.69) is 59.0 Å². The minimum atomic E-state index is 0.143. The molecule has 1 aliphatic carbocycles. The fourth-order valence-electron chi connectivity index (χ4n) is 7.59. The van der Waals surface area contributed by atoms with Gasteiger partial charge in [0.1, 0.15) is 5.75 Å². The maximum Gasteiger partial charge on any atom is 0.231 e. The fraction of sp³-hybridized carbons (Fsp3) is 0.552. The van der Waals surface area contributed by atoms with Gasteiger partial charge in [-0.1, -0.05) is 31.2 Å². The van der Waals surface area contributed by atoms with Crippen LogP contribution in [0.15, 0.2) is 42.5 Å². The van der Waals surface area contributed by atoms with Crippen molar-refractivity contribution in [2.75, 3.05) is 38.1 Å². The Bertz CT molecular complexity index is 1090. The largest absolute Gasteiger partial charge is 0.508 e. The number of para-hydroxylation sites is 1. The number of likely N-dealkylation sites (N-methyl/N-ethyl adjacent to an activating group) is 1. The average Bonchev–Trinajstić information content (AvgIpc) is 3.18. The van der Waals surface area contributed by atoms with E-state index in [1.807, 2.05) is 12.1 Å². The number of phenols is 1. The summed E-state index contributed by atoms with van der Waals surface area (Å²) in [7, 11) is 2.28. The predicted molar refractivity (Wildman–Crippen MR) is 135 cm³/mol. The zero-order valence-electron chi connectivity index (χ0n) is 20.5. The number of fused-ring (bicyclic) bond motifs is 5. The highest BCUT2D eigenvalue weighted by molar-refractivity contribution is 6.01. The molecule has 4 aliphatic rings. The average molecular weight is 460 g/mol. The summed E-state index contributed by atoms with van der Waals surface area (Å²) in [6, 6.07) is 15.3. The standard InChI is InChI=1S/C29H37N3O2/c1-20-27-17-21-7-8-24(33)19-25(21)29(20,11-15-30(27)2)12-16-31-13-9-23(10-14-31)32-26-6-4-3-5-22(26)18-28(32)34/h3-8,19-20,23,27,33H,9-18H2,1-2H3/t20-,27+,29?/m0/s1. The Hall–Kier alpha value is -2.37. The molecule has 3 heterocycles. The van der Waals surface area contributed by atoms with Crippen molar-refractivity contribution in [2.45, 2.75) is 62.9 Å². The first-order valence-electron chi connectivity index (χ1n) is 13.1. The Morgan fingerprint density at radius 3 is 2.68 bits per heavy atom. The summed E-state index contributed by atoms with van der Waals surface area (Å²) in [6.07, 6.45) is 6.04. The topological polar surface area (TPSA) is 47.0 Å². The third-order valence-corrected chi connectivity index (χ3v) is 9.64. The first kappa shape index (κ1) is 22.1. The lowest BCUT2D eigenvalue weighted by atomic mass is 9.56.